The highest BCUT2D eigenvalue weighted by Gasteiger charge is 2.52. The van der Waals surface area contributed by atoms with Gasteiger partial charge in [0.1, 0.15) is 11.5 Å². The van der Waals surface area contributed by atoms with E-state index in [4.69, 9.17) is 46.4 Å². The topological polar surface area (TPSA) is 94.8 Å². The molecule has 3 aromatic rings. The zero-order valence-electron chi connectivity index (χ0n) is 14.3. The zero-order valence-corrected chi connectivity index (χ0v) is 18.1. The van der Waals surface area contributed by atoms with Crippen LogP contribution in [0.5, 0.6) is 11.5 Å². The van der Waals surface area contributed by atoms with Crippen molar-refractivity contribution in [2.75, 3.05) is 0 Å². The lowest BCUT2D eigenvalue weighted by atomic mass is 9.83. The first kappa shape index (κ1) is 22.0. The van der Waals surface area contributed by atoms with Gasteiger partial charge in [0.2, 0.25) is 0 Å². The lowest BCUT2D eigenvalue weighted by Crippen LogP contribution is -2.38. The summed E-state index contributed by atoms with van der Waals surface area (Å²) in [6, 6.07) is 11.4. The van der Waals surface area contributed by atoms with Crippen LogP contribution in [0.2, 0.25) is 20.1 Å². The average Bonchev–Trinajstić information content (AvgIpc) is 2.60. The standard InChI is InChI=1S/C19H12Cl4O5S/c20-11-3-1-2-10(6-11)19(29(26,27)28,13-5-4-12(21)7-17(13)24)14-8-15(22)16(23)9-18(14)25/h1-9,24-25H,(H,26,27,28). The van der Waals surface area contributed by atoms with Gasteiger partial charge < -0.3 is 10.2 Å². The first-order valence-corrected chi connectivity index (χ1v) is 10.8. The quantitative estimate of drug-likeness (QED) is 0.311. The van der Waals surface area contributed by atoms with Crippen molar-refractivity contribution in [1.82, 2.24) is 0 Å². The van der Waals surface area contributed by atoms with Gasteiger partial charge in [0.25, 0.3) is 10.1 Å². The highest BCUT2D eigenvalue weighted by molar-refractivity contribution is 7.87. The molecular weight excluding hydrogens is 482 g/mol. The molecule has 3 aromatic carbocycles. The number of halogens is 4. The fourth-order valence-electron chi connectivity index (χ4n) is 3.21. The minimum absolute atomic E-state index is 0.0384. The summed E-state index contributed by atoms with van der Waals surface area (Å²) in [6.07, 6.45) is 0. The Morgan fingerprint density at radius 3 is 1.90 bits per heavy atom. The third-order valence-corrected chi connectivity index (χ3v) is 7.02. The third-order valence-electron chi connectivity index (χ3n) is 4.38. The number of hydrogen-bond donors (Lipinski definition) is 3. The van der Waals surface area contributed by atoms with Crippen LogP contribution in [0.25, 0.3) is 0 Å². The molecule has 0 bridgehead atoms. The summed E-state index contributed by atoms with van der Waals surface area (Å²) in [5.74, 6) is -1.12. The Balaban J connectivity index is 2.61. The van der Waals surface area contributed by atoms with Gasteiger partial charge in [0.15, 0.2) is 4.75 Å². The van der Waals surface area contributed by atoms with Crippen molar-refractivity contribution in [3.05, 3.63) is 91.4 Å². The number of phenols is 2. The summed E-state index contributed by atoms with van der Waals surface area (Å²) in [6.45, 7) is 0. The highest BCUT2D eigenvalue weighted by atomic mass is 35.5. The van der Waals surface area contributed by atoms with Crippen molar-refractivity contribution in [3.63, 3.8) is 0 Å². The number of benzene rings is 3. The van der Waals surface area contributed by atoms with Gasteiger partial charge in [-0.25, -0.2) is 0 Å². The molecule has 0 spiro atoms. The molecule has 5 nitrogen and oxygen atoms in total. The van der Waals surface area contributed by atoms with E-state index in [-0.39, 0.29) is 36.8 Å². The summed E-state index contributed by atoms with van der Waals surface area (Å²) in [5.41, 5.74) is -0.673. The molecule has 0 aromatic heterocycles. The van der Waals surface area contributed by atoms with Crippen molar-refractivity contribution in [3.8, 4) is 11.5 Å². The van der Waals surface area contributed by atoms with Gasteiger partial charge in [-0.05, 0) is 35.9 Å². The van der Waals surface area contributed by atoms with Gasteiger partial charge in [0, 0.05) is 27.2 Å². The third kappa shape index (κ3) is 3.77. The molecule has 0 fully saturated rings. The molecule has 29 heavy (non-hydrogen) atoms. The van der Waals surface area contributed by atoms with E-state index >= 15 is 0 Å². The fraction of sp³-hybridized carbons (Fsp3) is 0.0526. The van der Waals surface area contributed by atoms with Crippen LogP contribution in [-0.2, 0) is 14.9 Å². The molecule has 1 atom stereocenters. The molecule has 3 N–H and O–H groups in total. The van der Waals surface area contributed by atoms with E-state index in [1.54, 1.807) is 0 Å². The SMILES string of the molecule is O=S(=O)(O)C(c1cccc(Cl)c1)(c1ccc(Cl)cc1O)c1cc(Cl)c(Cl)cc1O. The van der Waals surface area contributed by atoms with Crippen molar-refractivity contribution in [1.29, 1.82) is 0 Å². The maximum absolute atomic E-state index is 12.9. The molecule has 152 valence electrons. The maximum atomic E-state index is 12.9. The van der Waals surface area contributed by atoms with Gasteiger partial charge in [-0.1, -0.05) is 64.6 Å². The summed E-state index contributed by atoms with van der Waals surface area (Å²) in [4.78, 5) is 0. The molecule has 3 rings (SSSR count). The van der Waals surface area contributed by atoms with Crippen LogP contribution in [0.1, 0.15) is 16.7 Å². The van der Waals surface area contributed by atoms with Crippen molar-refractivity contribution in [2.45, 2.75) is 4.75 Å². The van der Waals surface area contributed by atoms with E-state index in [0.717, 1.165) is 18.2 Å². The predicted molar refractivity (Wildman–Crippen MR) is 114 cm³/mol. The van der Waals surface area contributed by atoms with Crippen LogP contribution in [0, 0.1) is 0 Å². The average molecular weight is 494 g/mol. The van der Waals surface area contributed by atoms with Crippen LogP contribution >= 0.6 is 46.4 Å². The number of hydrogen-bond acceptors (Lipinski definition) is 4. The Morgan fingerprint density at radius 2 is 1.31 bits per heavy atom. The summed E-state index contributed by atoms with van der Waals surface area (Å²) < 4.78 is 33.8. The van der Waals surface area contributed by atoms with Gasteiger partial charge in [-0.15, -0.1) is 0 Å². The molecule has 0 heterocycles. The first-order chi connectivity index (χ1) is 13.5. The molecule has 0 amide bonds. The van der Waals surface area contributed by atoms with Crippen molar-refractivity contribution >= 4 is 56.5 Å². The van der Waals surface area contributed by atoms with Crippen molar-refractivity contribution < 1.29 is 23.2 Å². The summed E-state index contributed by atoms with van der Waals surface area (Å²) in [5, 5.41) is 21.3. The normalized spacial score (nSPS) is 13.8. The van der Waals surface area contributed by atoms with E-state index < -0.39 is 26.4 Å². The van der Waals surface area contributed by atoms with Crippen molar-refractivity contribution in [2.24, 2.45) is 0 Å². The minimum Gasteiger partial charge on any atom is -0.508 e. The largest absolute Gasteiger partial charge is 0.508 e. The molecule has 1 unspecified atom stereocenters. The van der Waals surface area contributed by atoms with Crippen LogP contribution in [0.4, 0.5) is 0 Å². The molecule has 10 heteroatoms. The second-order valence-electron chi connectivity index (χ2n) is 6.11. The number of aromatic hydroxyl groups is 2. The molecule has 0 saturated heterocycles. The van der Waals surface area contributed by atoms with Crippen LogP contribution in [0.3, 0.4) is 0 Å². The van der Waals surface area contributed by atoms with E-state index in [1.165, 1.54) is 36.4 Å². The van der Waals surface area contributed by atoms with E-state index in [9.17, 15) is 23.2 Å². The molecular formula is C19H12Cl4O5S. The molecule has 0 aliphatic rings. The lowest BCUT2D eigenvalue weighted by molar-refractivity contribution is 0.428. The van der Waals surface area contributed by atoms with Crippen LogP contribution in [0.15, 0.2) is 54.6 Å². The Hall–Kier alpha value is -1.67. The Morgan fingerprint density at radius 1 is 0.724 bits per heavy atom. The number of rotatable bonds is 4. The lowest BCUT2D eigenvalue weighted by Gasteiger charge is -2.33. The highest BCUT2D eigenvalue weighted by Crippen LogP contribution is 2.51. The van der Waals surface area contributed by atoms with E-state index in [1.807, 2.05) is 0 Å². The zero-order chi connectivity index (χ0) is 21.6. The Labute approximate surface area is 186 Å². The molecule has 0 aliphatic heterocycles. The Bertz CT molecular complexity index is 1210. The van der Waals surface area contributed by atoms with Gasteiger partial charge >= 0.3 is 0 Å². The Kier molecular flexibility index (Phi) is 5.98. The maximum Gasteiger partial charge on any atom is 0.283 e. The second kappa shape index (κ2) is 7.87. The first-order valence-electron chi connectivity index (χ1n) is 7.89. The van der Waals surface area contributed by atoms with Crippen LogP contribution in [-0.4, -0.2) is 23.2 Å². The van der Waals surface area contributed by atoms with E-state index in [2.05, 4.69) is 0 Å². The minimum atomic E-state index is -5.11. The molecule has 0 aliphatic carbocycles. The summed E-state index contributed by atoms with van der Waals surface area (Å²) in [7, 11) is -5.11. The van der Waals surface area contributed by atoms with Gasteiger partial charge in [-0.3, -0.25) is 4.55 Å². The van der Waals surface area contributed by atoms with Gasteiger partial charge in [-0.2, -0.15) is 8.42 Å². The smallest absolute Gasteiger partial charge is 0.283 e. The fourth-order valence-corrected chi connectivity index (χ4v) is 5.21. The molecule has 0 radical (unpaired) electrons. The number of phenolic OH excluding ortho intramolecular Hbond substituents is 2. The monoisotopic (exact) mass is 492 g/mol. The van der Waals surface area contributed by atoms with Gasteiger partial charge in [0.05, 0.1) is 10.0 Å². The second-order valence-corrected chi connectivity index (χ2v) is 9.36. The summed E-state index contributed by atoms with van der Waals surface area (Å²) >= 11 is 24.0. The van der Waals surface area contributed by atoms with E-state index in [0.29, 0.717) is 0 Å². The van der Waals surface area contributed by atoms with Crippen LogP contribution < -0.4 is 0 Å². The molecule has 0 saturated carbocycles. The predicted octanol–water partition coefficient (Wildman–Crippen LogP) is 5.89.